The number of H-pyrrole nitrogens is 1. The first-order chi connectivity index (χ1) is 16.0. The minimum absolute atomic E-state index is 0.0254. The molecule has 0 unspecified atom stereocenters. The summed E-state index contributed by atoms with van der Waals surface area (Å²) in [6, 6.07) is 6.66. The average Bonchev–Trinajstić information content (AvgIpc) is 3.42. The molecule has 1 saturated heterocycles. The van der Waals surface area contributed by atoms with Crippen LogP contribution in [0.2, 0.25) is 0 Å². The molecule has 0 spiro atoms. The van der Waals surface area contributed by atoms with Crippen LogP contribution in [0, 0.1) is 5.82 Å². The quantitative estimate of drug-likeness (QED) is 0.428. The molecule has 1 aromatic carbocycles. The largest absolute Gasteiger partial charge is 0.496 e. The van der Waals surface area contributed by atoms with Crippen molar-refractivity contribution in [1.29, 1.82) is 0 Å². The van der Waals surface area contributed by atoms with Crippen molar-refractivity contribution in [2.45, 2.75) is 25.8 Å². The number of pyridine rings is 1. The maximum atomic E-state index is 14.6. The van der Waals surface area contributed by atoms with Gasteiger partial charge in [-0.3, -0.25) is 9.67 Å². The molecule has 1 aliphatic heterocycles. The number of aromatic hydroxyl groups is 1. The zero-order valence-corrected chi connectivity index (χ0v) is 18.4. The van der Waals surface area contributed by atoms with Crippen molar-refractivity contribution in [2.75, 3.05) is 20.3 Å². The lowest BCUT2D eigenvalue weighted by molar-refractivity contribution is 0.0662. The van der Waals surface area contributed by atoms with Gasteiger partial charge in [-0.2, -0.15) is 5.10 Å². The van der Waals surface area contributed by atoms with Gasteiger partial charge >= 0.3 is 0 Å². The maximum absolute atomic E-state index is 14.6. The highest BCUT2D eigenvalue weighted by Gasteiger charge is 2.20. The molecule has 4 heterocycles. The number of benzene rings is 1. The Bertz CT molecular complexity index is 1340. The summed E-state index contributed by atoms with van der Waals surface area (Å²) >= 11 is 0. The van der Waals surface area contributed by atoms with E-state index in [1.54, 1.807) is 30.6 Å². The molecule has 0 aliphatic carbocycles. The van der Waals surface area contributed by atoms with Gasteiger partial charge in [0.05, 0.1) is 59.8 Å². The molecular formula is C24H24FN5O3. The van der Waals surface area contributed by atoms with Crippen LogP contribution in [-0.4, -0.2) is 50.9 Å². The van der Waals surface area contributed by atoms with Crippen molar-refractivity contribution < 1.29 is 19.0 Å². The Morgan fingerprint density at radius 2 is 2.12 bits per heavy atom. The highest BCUT2D eigenvalue weighted by atomic mass is 19.1. The molecule has 5 rings (SSSR count). The number of nitrogens with zero attached hydrogens (tertiary/aromatic N) is 4. The number of hydrogen-bond acceptors (Lipinski definition) is 6. The van der Waals surface area contributed by atoms with Gasteiger partial charge in [0, 0.05) is 18.6 Å². The number of ether oxygens (including phenoxy) is 2. The Balaban J connectivity index is 1.54. The lowest BCUT2D eigenvalue weighted by Crippen LogP contribution is -2.19. The van der Waals surface area contributed by atoms with Crippen molar-refractivity contribution in [3.05, 3.63) is 54.2 Å². The van der Waals surface area contributed by atoms with Gasteiger partial charge in [0.15, 0.2) is 5.88 Å². The molecule has 0 radical (unpaired) electrons. The fourth-order valence-corrected chi connectivity index (χ4v) is 4.29. The molecule has 8 nitrogen and oxygen atoms in total. The predicted octanol–water partition coefficient (Wildman–Crippen LogP) is 4.77. The van der Waals surface area contributed by atoms with Gasteiger partial charge in [-0.1, -0.05) is 6.07 Å². The molecule has 4 aromatic rings. The van der Waals surface area contributed by atoms with Crippen LogP contribution in [0.1, 0.15) is 31.4 Å². The Morgan fingerprint density at radius 1 is 1.30 bits per heavy atom. The molecule has 33 heavy (non-hydrogen) atoms. The van der Waals surface area contributed by atoms with E-state index >= 15 is 0 Å². The van der Waals surface area contributed by atoms with Gasteiger partial charge in [0.1, 0.15) is 17.3 Å². The van der Waals surface area contributed by atoms with Crippen LogP contribution in [0.3, 0.4) is 0 Å². The summed E-state index contributed by atoms with van der Waals surface area (Å²) in [5.74, 6) is -0.0787. The van der Waals surface area contributed by atoms with E-state index in [1.807, 2.05) is 17.8 Å². The number of nitrogens with one attached hydrogen (secondary N) is 1. The lowest BCUT2D eigenvalue weighted by Gasteiger charge is -2.22. The molecule has 2 N–H and O–H groups in total. The van der Waals surface area contributed by atoms with Crippen LogP contribution in [0.25, 0.3) is 22.2 Å². The minimum Gasteiger partial charge on any atom is -0.496 e. The van der Waals surface area contributed by atoms with Gasteiger partial charge < -0.3 is 19.6 Å². The van der Waals surface area contributed by atoms with Crippen LogP contribution < -0.4 is 4.74 Å². The van der Waals surface area contributed by atoms with Crippen molar-refractivity contribution in [3.63, 3.8) is 0 Å². The van der Waals surface area contributed by atoms with Crippen molar-refractivity contribution in [3.8, 4) is 22.9 Å². The monoisotopic (exact) mass is 449 g/mol. The molecule has 1 fully saturated rings. The average molecular weight is 449 g/mol. The summed E-state index contributed by atoms with van der Waals surface area (Å²) in [6.07, 6.45) is 7.02. The van der Waals surface area contributed by atoms with Crippen LogP contribution in [0.5, 0.6) is 11.6 Å². The number of aliphatic imine (C=N–C) groups is 1. The normalized spacial score (nSPS) is 15.3. The zero-order chi connectivity index (χ0) is 22.9. The minimum atomic E-state index is -0.437. The summed E-state index contributed by atoms with van der Waals surface area (Å²) < 4.78 is 27.3. The van der Waals surface area contributed by atoms with Crippen LogP contribution >= 0.6 is 0 Å². The first-order valence-electron chi connectivity index (χ1n) is 10.8. The van der Waals surface area contributed by atoms with E-state index in [4.69, 9.17) is 9.47 Å². The van der Waals surface area contributed by atoms with Gasteiger partial charge in [-0.05, 0) is 38.0 Å². The molecular weight excluding hydrogens is 425 g/mol. The van der Waals surface area contributed by atoms with Crippen LogP contribution in [-0.2, 0) is 4.74 Å². The van der Waals surface area contributed by atoms with E-state index in [-0.39, 0.29) is 11.4 Å². The summed E-state index contributed by atoms with van der Waals surface area (Å²) in [4.78, 5) is 12.0. The second-order valence-electron chi connectivity index (χ2n) is 8.00. The third kappa shape index (κ3) is 3.95. The van der Waals surface area contributed by atoms with E-state index < -0.39 is 5.82 Å². The third-order valence-electron chi connectivity index (χ3n) is 5.93. The highest BCUT2D eigenvalue weighted by molar-refractivity contribution is 6.13. The first-order valence-corrected chi connectivity index (χ1v) is 10.8. The van der Waals surface area contributed by atoms with Gasteiger partial charge in [0.2, 0.25) is 0 Å². The number of hydrogen-bond donors (Lipinski definition) is 2. The Hall–Kier alpha value is -3.72. The zero-order valence-electron chi connectivity index (χ0n) is 18.4. The molecule has 3 aromatic heterocycles. The van der Waals surface area contributed by atoms with Crippen molar-refractivity contribution >= 4 is 22.3 Å². The number of aromatic amines is 1. The molecule has 9 heteroatoms. The SMILES string of the molecule is COc1cccc(F)c1-c1cc2c(C(C)=Nc3cnn(C4CCOCC4)c3)c(O)[nH]c2cn1. The van der Waals surface area contributed by atoms with Gasteiger partial charge in [-0.15, -0.1) is 0 Å². The first kappa shape index (κ1) is 21.1. The van der Waals surface area contributed by atoms with E-state index in [1.165, 1.54) is 13.2 Å². The van der Waals surface area contributed by atoms with E-state index in [0.717, 1.165) is 26.1 Å². The number of methoxy groups -OCH3 is 1. The number of halogens is 1. The van der Waals surface area contributed by atoms with Gasteiger partial charge in [-0.25, -0.2) is 9.38 Å². The Labute approximate surface area is 189 Å². The summed E-state index contributed by atoms with van der Waals surface area (Å²) in [5, 5.41) is 15.8. The van der Waals surface area contributed by atoms with Gasteiger partial charge in [0.25, 0.3) is 0 Å². The standard InChI is InChI=1S/C24H24FN5O3/c1-14(28-15-11-27-30(13-15)16-6-8-33-9-7-16)22-17-10-19(26-12-20(17)29-24(22)31)23-18(25)4-3-5-21(23)32-2/h3-5,10-13,16,29,31H,6-9H2,1-2H3. The molecule has 0 saturated carbocycles. The van der Waals surface area contributed by atoms with E-state index in [9.17, 15) is 9.50 Å². The molecule has 170 valence electrons. The lowest BCUT2D eigenvalue weighted by atomic mass is 10.0. The third-order valence-corrected chi connectivity index (χ3v) is 5.93. The maximum Gasteiger partial charge on any atom is 0.198 e. The Morgan fingerprint density at radius 3 is 2.91 bits per heavy atom. The summed E-state index contributed by atoms with van der Waals surface area (Å²) in [5.41, 5.74) is 3.11. The molecule has 0 bridgehead atoms. The highest BCUT2D eigenvalue weighted by Crippen LogP contribution is 2.35. The second kappa shape index (κ2) is 8.67. The summed E-state index contributed by atoms with van der Waals surface area (Å²) in [6.45, 7) is 3.28. The number of fused-ring (bicyclic) bond motifs is 1. The fraction of sp³-hybridized carbons (Fsp3) is 0.292. The summed E-state index contributed by atoms with van der Waals surface area (Å²) in [7, 11) is 1.49. The van der Waals surface area contributed by atoms with Crippen molar-refractivity contribution in [1.82, 2.24) is 19.7 Å². The Kier molecular flexibility index (Phi) is 5.55. The van der Waals surface area contributed by atoms with Crippen LogP contribution in [0.15, 0.2) is 47.8 Å². The van der Waals surface area contributed by atoms with Crippen LogP contribution in [0.4, 0.5) is 10.1 Å². The van der Waals surface area contributed by atoms with E-state index in [2.05, 4.69) is 20.1 Å². The number of rotatable bonds is 5. The molecule has 0 atom stereocenters. The van der Waals surface area contributed by atoms with E-state index in [0.29, 0.717) is 45.4 Å². The predicted molar refractivity (Wildman–Crippen MR) is 123 cm³/mol. The number of aromatic nitrogens is 4. The van der Waals surface area contributed by atoms with Crippen molar-refractivity contribution in [2.24, 2.45) is 4.99 Å². The second-order valence-corrected chi connectivity index (χ2v) is 8.00. The topological polar surface area (TPSA) is 97.5 Å². The fourth-order valence-electron chi connectivity index (χ4n) is 4.29. The smallest absolute Gasteiger partial charge is 0.198 e. The molecule has 1 aliphatic rings. The molecule has 0 amide bonds.